The third-order valence-corrected chi connectivity index (χ3v) is 4.06. The Morgan fingerprint density at radius 3 is 2.50 bits per heavy atom. The second-order valence-electron chi connectivity index (χ2n) is 5.80. The van der Waals surface area contributed by atoms with Gasteiger partial charge in [-0.25, -0.2) is 14.8 Å². The fourth-order valence-electron chi connectivity index (χ4n) is 2.70. The molecule has 2 aromatic carbocycles. The second-order valence-corrected chi connectivity index (χ2v) is 5.80. The van der Waals surface area contributed by atoms with E-state index in [0.29, 0.717) is 22.7 Å². The first-order valence-electron chi connectivity index (χ1n) is 8.37. The Morgan fingerprint density at radius 2 is 1.71 bits per heavy atom. The van der Waals surface area contributed by atoms with Crippen LogP contribution in [0.25, 0.3) is 34.3 Å². The van der Waals surface area contributed by atoms with Crippen molar-refractivity contribution in [3.63, 3.8) is 0 Å². The molecular weight excluding hydrogens is 358 g/mol. The summed E-state index contributed by atoms with van der Waals surface area (Å²) in [6, 6.07) is 16.3. The van der Waals surface area contributed by atoms with Crippen LogP contribution in [0.4, 0.5) is 5.82 Å². The van der Waals surface area contributed by atoms with E-state index in [2.05, 4.69) is 20.2 Å². The molecule has 0 saturated carbocycles. The highest BCUT2D eigenvalue weighted by Crippen LogP contribution is 2.29. The van der Waals surface area contributed by atoms with Crippen molar-refractivity contribution in [2.75, 3.05) is 12.8 Å². The molecule has 4 rings (SSSR count). The molecule has 0 amide bonds. The first kappa shape index (κ1) is 17.3. The smallest absolute Gasteiger partial charge is 0.338 e. The van der Waals surface area contributed by atoms with Crippen molar-refractivity contribution in [3.05, 3.63) is 66.4 Å². The number of hydrogen-bond donors (Lipinski definition) is 1. The molecule has 0 radical (unpaired) electrons. The van der Waals surface area contributed by atoms with E-state index in [1.807, 2.05) is 30.3 Å². The number of aromatic nitrogens is 4. The number of rotatable bonds is 4. The molecule has 2 aromatic heterocycles. The van der Waals surface area contributed by atoms with Gasteiger partial charge in [-0.1, -0.05) is 36.4 Å². The van der Waals surface area contributed by atoms with E-state index >= 15 is 0 Å². The molecule has 8 nitrogen and oxygen atoms in total. The minimum Gasteiger partial charge on any atom is -0.465 e. The second kappa shape index (κ2) is 7.28. The van der Waals surface area contributed by atoms with Crippen LogP contribution < -0.4 is 5.73 Å². The minimum absolute atomic E-state index is 0.140. The van der Waals surface area contributed by atoms with E-state index in [9.17, 15) is 4.79 Å². The van der Waals surface area contributed by atoms with Crippen LogP contribution >= 0.6 is 0 Å². The highest BCUT2D eigenvalue weighted by Gasteiger charge is 2.19. The van der Waals surface area contributed by atoms with Gasteiger partial charge in [0, 0.05) is 11.1 Å². The predicted octanol–water partition coefficient (Wildman–Crippen LogP) is 3.23. The summed E-state index contributed by atoms with van der Waals surface area (Å²) in [5, 5.41) is 8.09. The first-order chi connectivity index (χ1) is 13.7. The molecule has 0 aliphatic rings. The maximum Gasteiger partial charge on any atom is 0.338 e. The molecule has 2 heterocycles. The van der Waals surface area contributed by atoms with Crippen molar-refractivity contribution in [2.45, 2.75) is 0 Å². The highest BCUT2D eigenvalue weighted by molar-refractivity contribution is 5.96. The van der Waals surface area contributed by atoms with Crippen LogP contribution in [0.15, 0.2) is 65.2 Å². The molecule has 0 bridgehead atoms. The third kappa shape index (κ3) is 3.18. The zero-order valence-electron chi connectivity index (χ0n) is 14.9. The molecule has 0 fully saturated rings. The number of nitrogens with two attached hydrogens (primary N) is 1. The third-order valence-electron chi connectivity index (χ3n) is 4.06. The van der Waals surface area contributed by atoms with E-state index in [1.54, 1.807) is 24.3 Å². The van der Waals surface area contributed by atoms with E-state index < -0.39 is 5.97 Å². The lowest BCUT2D eigenvalue weighted by Crippen LogP contribution is -2.05. The number of methoxy groups -OCH3 is 1. The van der Waals surface area contributed by atoms with Gasteiger partial charge in [-0.15, -0.1) is 10.2 Å². The zero-order chi connectivity index (χ0) is 19.5. The molecule has 0 unspecified atom stereocenters. The van der Waals surface area contributed by atoms with Crippen molar-refractivity contribution < 1.29 is 13.9 Å². The molecule has 8 heteroatoms. The standard InChI is InChI=1S/C20H15N5O3/c1-27-20(26)14-10-6-5-9-13(14)15-11-22-17(21)16(23-15)19-25-24-18(28-19)12-7-3-2-4-8-12/h2-11H,1H3,(H2,21,22). The van der Waals surface area contributed by atoms with Gasteiger partial charge in [0.05, 0.1) is 24.6 Å². The lowest BCUT2D eigenvalue weighted by molar-refractivity contribution is 0.0601. The van der Waals surface area contributed by atoms with Crippen LogP contribution in [0.2, 0.25) is 0 Å². The number of nitrogen functional groups attached to an aromatic ring is 1. The molecule has 0 aliphatic carbocycles. The molecule has 28 heavy (non-hydrogen) atoms. The highest BCUT2D eigenvalue weighted by atomic mass is 16.5. The number of benzene rings is 2. The Hall–Kier alpha value is -4.07. The monoisotopic (exact) mass is 373 g/mol. The van der Waals surface area contributed by atoms with Gasteiger partial charge in [0.15, 0.2) is 11.5 Å². The number of carbonyl (C=O) groups is 1. The molecule has 0 atom stereocenters. The number of esters is 1. The van der Waals surface area contributed by atoms with Crippen LogP contribution in [0.1, 0.15) is 10.4 Å². The summed E-state index contributed by atoms with van der Waals surface area (Å²) in [4.78, 5) is 20.7. The summed E-state index contributed by atoms with van der Waals surface area (Å²) < 4.78 is 10.6. The summed E-state index contributed by atoms with van der Waals surface area (Å²) in [7, 11) is 1.32. The van der Waals surface area contributed by atoms with Crippen LogP contribution in [0.3, 0.4) is 0 Å². The van der Waals surface area contributed by atoms with Gasteiger partial charge in [-0.2, -0.15) is 0 Å². The van der Waals surface area contributed by atoms with E-state index in [-0.39, 0.29) is 17.4 Å². The summed E-state index contributed by atoms with van der Waals surface area (Å²) in [5.74, 6) is 0.154. The summed E-state index contributed by atoms with van der Waals surface area (Å²) in [6.45, 7) is 0. The normalized spacial score (nSPS) is 10.6. The fraction of sp³-hybridized carbons (Fsp3) is 0.0500. The summed E-state index contributed by atoms with van der Waals surface area (Å²) in [6.07, 6.45) is 1.48. The lowest BCUT2D eigenvalue weighted by Gasteiger charge is -2.08. The van der Waals surface area contributed by atoms with E-state index in [0.717, 1.165) is 5.56 Å². The first-order valence-corrected chi connectivity index (χ1v) is 8.37. The molecule has 0 saturated heterocycles. The molecule has 0 aliphatic heterocycles. The van der Waals surface area contributed by atoms with Crippen molar-refractivity contribution in [3.8, 4) is 34.3 Å². The Bertz CT molecular complexity index is 1140. The number of ether oxygens (including phenoxy) is 1. The predicted molar refractivity (Wildman–Crippen MR) is 102 cm³/mol. The van der Waals surface area contributed by atoms with Gasteiger partial charge < -0.3 is 14.9 Å². The molecule has 0 spiro atoms. The Labute approximate surface area is 160 Å². The maximum absolute atomic E-state index is 12.1. The van der Waals surface area contributed by atoms with Crippen LogP contribution in [0, 0.1) is 0 Å². The van der Waals surface area contributed by atoms with Gasteiger partial charge in [-0.05, 0) is 18.2 Å². The lowest BCUT2D eigenvalue weighted by atomic mass is 10.0. The number of anilines is 1. The molecule has 138 valence electrons. The average molecular weight is 373 g/mol. The fourth-order valence-corrected chi connectivity index (χ4v) is 2.70. The Kier molecular flexibility index (Phi) is 4.51. The summed E-state index contributed by atoms with van der Waals surface area (Å²) in [5.41, 5.74) is 8.36. The van der Waals surface area contributed by atoms with Crippen molar-refractivity contribution in [2.24, 2.45) is 0 Å². The number of hydrogen-bond acceptors (Lipinski definition) is 8. The average Bonchev–Trinajstić information content (AvgIpc) is 3.24. The van der Waals surface area contributed by atoms with Gasteiger partial charge in [0.1, 0.15) is 0 Å². The van der Waals surface area contributed by atoms with Crippen LogP contribution in [-0.2, 0) is 4.74 Å². The summed E-state index contributed by atoms with van der Waals surface area (Å²) >= 11 is 0. The number of nitrogens with zero attached hydrogens (tertiary/aromatic N) is 4. The van der Waals surface area contributed by atoms with Gasteiger partial charge >= 0.3 is 5.97 Å². The molecular formula is C20H15N5O3. The van der Waals surface area contributed by atoms with Gasteiger partial charge in [-0.3, -0.25) is 0 Å². The van der Waals surface area contributed by atoms with Gasteiger partial charge in [0.2, 0.25) is 5.89 Å². The molecule has 2 N–H and O–H groups in total. The quantitative estimate of drug-likeness (QED) is 0.542. The largest absolute Gasteiger partial charge is 0.465 e. The van der Waals surface area contributed by atoms with Crippen LogP contribution in [-0.4, -0.2) is 33.2 Å². The van der Waals surface area contributed by atoms with Gasteiger partial charge in [0.25, 0.3) is 5.89 Å². The number of carbonyl (C=O) groups excluding carboxylic acids is 1. The maximum atomic E-state index is 12.1. The van der Waals surface area contributed by atoms with Crippen LogP contribution in [0.5, 0.6) is 0 Å². The topological polar surface area (TPSA) is 117 Å². The van der Waals surface area contributed by atoms with Crippen molar-refractivity contribution in [1.29, 1.82) is 0 Å². The van der Waals surface area contributed by atoms with Crippen molar-refractivity contribution >= 4 is 11.8 Å². The van der Waals surface area contributed by atoms with E-state index in [4.69, 9.17) is 14.9 Å². The minimum atomic E-state index is -0.472. The van der Waals surface area contributed by atoms with E-state index in [1.165, 1.54) is 13.3 Å². The Balaban J connectivity index is 1.78. The Morgan fingerprint density at radius 1 is 1.00 bits per heavy atom. The zero-order valence-corrected chi connectivity index (χ0v) is 14.9. The van der Waals surface area contributed by atoms with Crippen molar-refractivity contribution in [1.82, 2.24) is 20.2 Å². The SMILES string of the molecule is COC(=O)c1ccccc1-c1cnc(N)c(-c2nnc(-c3ccccc3)o2)n1. The molecule has 4 aromatic rings.